The van der Waals surface area contributed by atoms with Crippen molar-refractivity contribution in [2.75, 3.05) is 26.6 Å². The van der Waals surface area contributed by atoms with Crippen molar-refractivity contribution in [1.29, 1.82) is 0 Å². The Hall–Kier alpha value is -3.00. The molecule has 1 unspecified atom stereocenters. The standard InChI is InChI=1S/C20H19BrN4O3/c1-26-17-8-13(9-18(27-2)19(17)28-3)16-10-15(12-4-6-14(21)7-5-12)24-20-22-11-23-25(16)20/h4-11,16H,1-3H3,(H,22,23,24). The number of ether oxygens (including phenoxy) is 3. The number of hydrogen-bond acceptors (Lipinski definition) is 6. The summed E-state index contributed by atoms with van der Waals surface area (Å²) in [4.78, 5) is 4.35. The maximum Gasteiger partial charge on any atom is 0.226 e. The van der Waals surface area contributed by atoms with Gasteiger partial charge < -0.3 is 19.5 Å². The molecule has 0 saturated heterocycles. The van der Waals surface area contributed by atoms with E-state index in [1.807, 2.05) is 41.1 Å². The third-order valence-corrected chi connectivity index (χ3v) is 5.12. The molecule has 7 nitrogen and oxygen atoms in total. The van der Waals surface area contributed by atoms with Crippen molar-refractivity contribution in [2.45, 2.75) is 6.04 Å². The molecule has 0 spiro atoms. The average Bonchev–Trinajstić information content (AvgIpc) is 3.21. The van der Waals surface area contributed by atoms with Gasteiger partial charge in [0.1, 0.15) is 12.4 Å². The van der Waals surface area contributed by atoms with Crippen molar-refractivity contribution in [3.63, 3.8) is 0 Å². The molecule has 8 heteroatoms. The van der Waals surface area contributed by atoms with Crippen LogP contribution >= 0.6 is 15.9 Å². The van der Waals surface area contributed by atoms with Crippen LogP contribution in [-0.4, -0.2) is 36.1 Å². The van der Waals surface area contributed by atoms with Crippen LogP contribution in [0.25, 0.3) is 5.70 Å². The molecule has 1 atom stereocenters. The van der Waals surface area contributed by atoms with E-state index in [1.54, 1.807) is 21.3 Å². The first-order valence-corrected chi connectivity index (χ1v) is 9.38. The largest absolute Gasteiger partial charge is 0.493 e. The van der Waals surface area contributed by atoms with Crippen LogP contribution in [0.1, 0.15) is 17.2 Å². The average molecular weight is 443 g/mol. The molecule has 0 fully saturated rings. The third kappa shape index (κ3) is 3.20. The molecule has 0 radical (unpaired) electrons. The maximum atomic E-state index is 5.51. The Morgan fingerprint density at radius 3 is 2.29 bits per heavy atom. The first kappa shape index (κ1) is 18.4. The molecule has 4 rings (SSSR count). The zero-order valence-corrected chi connectivity index (χ0v) is 17.2. The van der Waals surface area contributed by atoms with Gasteiger partial charge in [0.05, 0.1) is 21.3 Å². The van der Waals surface area contributed by atoms with Crippen LogP contribution in [0, 0.1) is 0 Å². The van der Waals surface area contributed by atoms with Crippen LogP contribution in [0.5, 0.6) is 17.2 Å². The van der Waals surface area contributed by atoms with E-state index in [0.29, 0.717) is 23.2 Å². The predicted octanol–water partition coefficient (Wildman–Crippen LogP) is 4.12. The molecule has 1 N–H and O–H groups in total. The summed E-state index contributed by atoms with van der Waals surface area (Å²) < 4.78 is 19.3. The molecule has 0 amide bonds. The monoisotopic (exact) mass is 442 g/mol. The molecule has 0 aliphatic carbocycles. The highest BCUT2D eigenvalue weighted by Crippen LogP contribution is 2.42. The van der Waals surface area contributed by atoms with Crippen LogP contribution in [0.2, 0.25) is 0 Å². The number of anilines is 1. The number of fused-ring (bicyclic) bond motifs is 1. The van der Waals surface area contributed by atoms with Crippen molar-refractivity contribution in [3.8, 4) is 17.2 Å². The van der Waals surface area contributed by atoms with E-state index in [9.17, 15) is 0 Å². The van der Waals surface area contributed by atoms with Gasteiger partial charge in [-0.15, -0.1) is 0 Å². The minimum atomic E-state index is -0.189. The number of nitrogens with zero attached hydrogens (tertiary/aromatic N) is 3. The lowest BCUT2D eigenvalue weighted by Gasteiger charge is -2.25. The van der Waals surface area contributed by atoms with Crippen molar-refractivity contribution >= 4 is 27.6 Å². The summed E-state index contributed by atoms with van der Waals surface area (Å²) in [7, 11) is 4.80. The lowest BCUT2D eigenvalue weighted by Crippen LogP contribution is -2.20. The fourth-order valence-corrected chi connectivity index (χ4v) is 3.51. The molecule has 2 heterocycles. The van der Waals surface area contributed by atoms with Crippen molar-refractivity contribution in [2.24, 2.45) is 0 Å². The molecular formula is C20H19BrN4O3. The van der Waals surface area contributed by atoms with Gasteiger partial charge >= 0.3 is 0 Å². The first-order valence-electron chi connectivity index (χ1n) is 8.58. The number of nitrogens with one attached hydrogen (secondary N) is 1. The fraction of sp³-hybridized carbons (Fsp3) is 0.200. The van der Waals surface area contributed by atoms with Crippen LogP contribution < -0.4 is 19.5 Å². The second kappa shape index (κ2) is 7.55. The summed E-state index contributed by atoms with van der Waals surface area (Å²) in [5, 5.41) is 7.73. The van der Waals surface area contributed by atoms with E-state index in [4.69, 9.17) is 14.2 Å². The normalized spacial score (nSPS) is 15.3. The number of benzene rings is 2. The Morgan fingerprint density at radius 2 is 1.68 bits per heavy atom. The Morgan fingerprint density at radius 1 is 1.00 bits per heavy atom. The van der Waals surface area contributed by atoms with Gasteiger partial charge in [0.25, 0.3) is 0 Å². The summed E-state index contributed by atoms with van der Waals surface area (Å²) in [6, 6.07) is 11.8. The van der Waals surface area contributed by atoms with Crippen LogP contribution in [0.3, 0.4) is 0 Å². The lowest BCUT2D eigenvalue weighted by molar-refractivity contribution is 0.323. The van der Waals surface area contributed by atoms with Gasteiger partial charge in [-0.3, -0.25) is 0 Å². The first-order chi connectivity index (χ1) is 13.6. The summed E-state index contributed by atoms with van der Waals surface area (Å²) in [6.45, 7) is 0. The Bertz CT molecular complexity index is 1010. The highest BCUT2D eigenvalue weighted by Gasteiger charge is 2.26. The zero-order valence-electron chi connectivity index (χ0n) is 15.6. The van der Waals surface area contributed by atoms with Gasteiger partial charge in [0.2, 0.25) is 11.7 Å². The van der Waals surface area contributed by atoms with Crippen molar-refractivity contribution in [1.82, 2.24) is 14.8 Å². The Kier molecular flexibility index (Phi) is 4.95. The molecule has 2 aromatic carbocycles. The fourth-order valence-electron chi connectivity index (χ4n) is 3.24. The molecule has 0 bridgehead atoms. The number of rotatable bonds is 5. The minimum absolute atomic E-state index is 0.189. The lowest BCUT2D eigenvalue weighted by atomic mass is 10.0. The zero-order chi connectivity index (χ0) is 19.7. The molecular weight excluding hydrogens is 424 g/mol. The second-order valence-corrected chi connectivity index (χ2v) is 7.06. The summed E-state index contributed by atoms with van der Waals surface area (Å²) in [5.74, 6) is 2.41. The molecule has 0 saturated carbocycles. The van der Waals surface area contributed by atoms with Gasteiger partial charge in [-0.2, -0.15) is 10.1 Å². The van der Waals surface area contributed by atoms with E-state index in [-0.39, 0.29) is 6.04 Å². The number of hydrogen-bond donors (Lipinski definition) is 1. The van der Waals surface area contributed by atoms with E-state index >= 15 is 0 Å². The van der Waals surface area contributed by atoms with E-state index in [2.05, 4.69) is 37.4 Å². The second-order valence-electron chi connectivity index (χ2n) is 6.14. The van der Waals surface area contributed by atoms with Crippen LogP contribution in [-0.2, 0) is 0 Å². The topological polar surface area (TPSA) is 70.4 Å². The highest BCUT2D eigenvalue weighted by molar-refractivity contribution is 9.10. The third-order valence-electron chi connectivity index (χ3n) is 4.59. The molecule has 1 aliphatic rings. The van der Waals surface area contributed by atoms with Gasteiger partial charge in [-0.25, -0.2) is 4.68 Å². The smallest absolute Gasteiger partial charge is 0.226 e. The van der Waals surface area contributed by atoms with E-state index in [0.717, 1.165) is 21.3 Å². The van der Waals surface area contributed by atoms with Gasteiger partial charge in [-0.1, -0.05) is 28.1 Å². The van der Waals surface area contributed by atoms with Gasteiger partial charge in [-0.05, 0) is 41.5 Å². The highest BCUT2D eigenvalue weighted by atomic mass is 79.9. The number of aromatic nitrogens is 3. The minimum Gasteiger partial charge on any atom is -0.493 e. The Labute approximate surface area is 171 Å². The number of halogens is 1. The number of methoxy groups -OCH3 is 3. The van der Waals surface area contributed by atoms with Gasteiger partial charge in [0.15, 0.2) is 11.5 Å². The number of allylic oxidation sites excluding steroid dienone is 1. The SMILES string of the molecule is COc1cc(C2C=C(c3ccc(Br)cc3)Nc3ncnn32)cc(OC)c1OC. The molecule has 28 heavy (non-hydrogen) atoms. The Balaban J connectivity index is 1.84. The van der Waals surface area contributed by atoms with Crippen LogP contribution in [0.4, 0.5) is 5.95 Å². The molecule has 3 aromatic rings. The summed E-state index contributed by atoms with van der Waals surface area (Å²) >= 11 is 3.48. The van der Waals surface area contributed by atoms with Crippen molar-refractivity contribution < 1.29 is 14.2 Å². The maximum absolute atomic E-state index is 5.51. The van der Waals surface area contributed by atoms with Gasteiger partial charge in [0, 0.05) is 10.2 Å². The van der Waals surface area contributed by atoms with E-state index < -0.39 is 0 Å². The summed E-state index contributed by atoms with van der Waals surface area (Å²) in [5.41, 5.74) is 2.94. The van der Waals surface area contributed by atoms with Crippen LogP contribution in [0.15, 0.2) is 53.3 Å². The van der Waals surface area contributed by atoms with E-state index in [1.165, 1.54) is 6.33 Å². The molecule has 1 aromatic heterocycles. The quantitative estimate of drug-likeness (QED) is 0.640. The predicted molar refractivity (Wildman–Crippen MR) is 110 cm³/mol. The van der Waals surface area contributed by atoms with Crippen molar-refractivity contribution in [3.05, 3.63) is 64.4 Å². The molecule has 1 aliphatic heterocycles. The molecule has 144 valence electrons. The summed E-state index contributed by atoms with van der Waals surface area (Å²) in [6.07, 6.45) is 3.64.